The number of nitrogens with zero attached hydrogens (tertiary/aromatic N) is 1. The van der Waals surface area contributed by atoms with Crippen molar-refractivity contribution < 1.29 is 41.3 Å². The van der Waals surface area contributed by atoms with Crippen LogP contribution in [0.2, 0.25) is 0 Å². The summed E-state index contributed by atoms with van der Waals surface area (Å²) in [7, 11) is 0. The summed E-state index contributed by atoms with van der Waals surface area (Å²) in [6.45, 7) is 2.99. The van der Waals surface area contributed by atoms with Gasteiger partial charge in [-0.1, -0.05) is 6.07 Å². The molecule has 0 saturated carbocycles. The van der Waals surface area contributed by atoms with Crippen LogP contribution in [-0.4, -0.2) is 24.8 Å². The number of carbonyl (C=O) groups excluding carboxylic acids is 1. The molecule has 1 atom stereocenters. The molecule has 0 aliphatic carbocycles. The van der Waals surface area contributed by atoms with Crippen molar-refractivity contribution in [3.8, 4) is 17.6 Å². The molecule has 7 nitrogen and oxygen atoms in total. The van der Waals surface area contributed by atoms with E-state index in [9.17, 15) is 27.6 Å². The average Bonchev–Trinajstić information content (AvgIpc) is 2.61. The number of rotatable bonds is 3. The zero-order chi connectivity index (χ0) is 21.6. The van der Waals surface area contributed by atoms with Gasteiger partial charge in [0.15, 0.2) is 11.5 Å². The minimum absolute atomic E-state index is 0.0197. The summed E-state index contributed by atoms with van der Waals surface area (Å²) < 4.78 is 72.1. The summed E-state index contributed by atoms with van der Waals surface area (Å²) in [6.07, 6.45) is -9.79. The first-order chi connectivity index (χ1) is 13.5. The van der Waals surface area contributed by atoms with Crippen molar-refractivity contribution in [2.45, 2.75) is 32.0 Å². The third-order valence-corrected chi connectivity index (χ3v) is 4.22. The Hall–Kier alpha value is -3.42. The van der Waals surface area contributed by atoms with E-state index in [1.165, 1.54) is 13.0 Å². The molecule has 0 radical (unpaired) electrons. The summed E-state index contributed by atoms with van der Waals surface area (Å²) in [6, 6.07) is 4.95. The molecule has 0 aromatic heterocycles. The van der Waals surface area contributed by atoms with Crippen LogP contribution in [-0.2, 0) is 14.3 Å². The molecule has 0 spiro atoms. The smallest absolute Gasteiger partial charge is 0.463 e. The van der Waals surface area contributed by atoms with Crippen LogP contribution in [0.25, 0.3) is 0 Å². The van der Waals surface area contributed by atoms with Crippen LogP contribution in [0, 0.1) is 11.3 Å². The average molecular weight is 414 g/mol. The van der Waals surface area contributed by atoms with Gasteiger partial charge in [-0.3, -0.25) is 0 Å². The molecule has 2 heterocycles. The molecule has 154 valence electrons. The van der Waals surface area contributed by atoms with Gasteiger partial charge in [0, 0.05) is 0 Å². The zero-order valence-corrected chi connectivity index (χ0v) is 15.1. The number of fused-ring (bicyclic) bond motifs is 1. The number of benzene rings is 1. The number of nitriles is 1. The van der Waals surface area contributed by atoms with Crippen LogP contribution in [0.5, 0.6) is 11.5 Å². The summed E-state index contributed by atoms with van der Waals surface area (Å²) in [4.78, 5) is 12.4. The number of esters is 1. The van der Waals surface area contributed by atoms with Gasteiger partial charge in [0.25, 0.3) is 0 Å². The van der Waals surface area contributed by atoms with E-state index in [1.54, 1.807) is 13.0 Å². The number of hydrogen-bond donors (Lipinski definition) is 1. The first-order valence-corrected chi connectivity index (χ1v) is 8.25. The predicted octanol–water partition coefficient (Wildman–Crippen LogP) is 3.29. The highest BCUT2D eigenvalue weighted by atomic mass is 19.3. The fraction of sp³-hybridized carbons (Fsp3) is 0.333. The number of alkyl halides is 4. The molecule has 0 saturated heterocycles. The van der Waals surface area contributed by atoms with E-state index in [0.717, 1.165) is 12.1 Å². The van der Waals surface area contributed by atoms with Gasteiger partial charge in [0.05, 0.1) is 18.1 Å². The first kappa shape index (κ1) is 20.3. The molecule has 2 aliphatic rings. The topological polar surface area (TPSA) is 104 Å². The summed E-state index contributed by atoms with van der Waals surface area (Å²) in [5, 5.41) is 9.48. The lowest BCUT2D eigenvalue weighted by Crippen LogP contribution is -2.52. The van der Waals surface area contributed by atoms with E-state index in [-0.39, 0.29) is 35.0 Å². The molecule has 3 rings (SSSR count). The molecule has 1 aromatic carbocycles. The zero-order valence-electron chi connectivity index (χ0n) is 15.1. The fourth-order valence-electron chi connectivity index (χ4n) is 2.95. The van der Waals surface area contributed by atoms with Crippen molar-refractivity contribution >= 4 is 5.97 Å². The second kappa shape index (κ2) is 6.88. The Morgan fingerprint density at radius 1 is 1.24 bits per heavy atom. The van der Waals surface area contributed by atoms with E-state index >= 15 is 0 Å². The van der Waals surface area contributed by atoms with Gasteiger partial charge in [-0.2, -0.15) is 22.8 Å². The third kappa shape index (κ3) is 3.30. The molecule has 11 heteroatoms. The van der Waals surface area contributed by atoms with Crippen molar-refractivity contribution in [3.63, 3.8) is 0 Å². The van der Waals surface area contributed by atoms with Gasteiger partial charge >= 0.3 is 18.2 Å². The van der Waals surface area contributed by atoms with Gasteiger partial charge in [0.1, 0.15) is 17.4 Å². The minimum atomic E-state index is -4.92. The molecular weight excluding hydrogens is 400 g/mol. The largest absolute Gasteiger partial charge is 0.507 e. The highest BCUT2D eigenvalue weighted by Gasteiger charge is 2.66. The predicted molar refractivity (Wildman–Crippen MR) is 87.6 cm³/mol. The maximum Gasteiger partial charge on any atom is 0.507 e. The van der Waals surface area contributed by atoms with Crippen LogP contribution >= 0.6 is 0 Å². The lowest BCUT2D eigenvalue weighted by Gasteiger charge is -2.33. The van der Waals surface area contributed by atoms with Crippen LogP contribution in [0.3, 0.4) is 0 Å². The SMILES string of the molecule is CCOC(=O)C1=C(C)OC(N)=C(C#N)C1c1ccc2c(c1)OC(F)(F)C(F)(F)O2. The Morgan fingerprint density at radius 3 is 2.45 bits per heavy atom. The van der Waals surface area contributed by atoms with Gasteiger partial charge in [-0.15, -0.1) is 0 Å². The highest BCUT2D eigenvalue weighted by Crippen LogP contribution is 2.49. The van der Waals surface area contributed by atoms with E-state index in [1.807, 2.05) is 0 Å². The number of halogens is 4. The maximum atomic E-state index is 13.5. The van der Waals surface area contributed by atoms with Gasteiger partial charge < -0.3 is 24.7 Å². The number of ether oxygens (including phenoxy) is 4. The maximum absolute atomic E-state index is 13.5. The number of allylic oxidation sites excluding steroid dienone is 2. The molecule has 0 amide bonds. The molecule has 1 aromatic rings. The summed E-state index contributed by atoms with van der Waals surface area (Å²) in [5.74, 6) is -3.56. The van der Waals surface area contributed by atoms with Gasteiger partial charge in [-0.25, -0.2) is 4.79 Å². The lowest BCUT2D eigenvalue weighted by atomic mass is 9.83. The van der Waals surface area contributed by atoms with Crippen molar-refractivity contribution in [1.29, 1.82) is 5.26 Å². The number of carbonyl (C=O) groups is 1. The van der Waals surface area contributed by atoms with Crippen LogP contribution in [0.15, 0.2) is 41.0 Å². The van der Waals surface area contributed by atoms with E-state index in [4.69, 9.17) is 15.2 Å². The van der Waals surface area contributed by atoms with E-state index < -0.39 is 35.6 Å². The Kier molecular flexibility index (Phi) is 4.82. The van der Waals surface area contributed by atoms with Gasteiger partial charge in [-0.05, 0) is 31.5 Å². The van der Waals surface area contributed by atoms with Crippen molar-refractivity contribution in [3.05, 3.63) is 46.6 Å². The first-order valence-electron chi connectivity index (χ1n) is 8.25. The molecule has 0 bridgehead atoms. The normalized spacial score (nSPS) is 21.9. The standard InChI is InChI=1S/C18H14F4N2O5/c1-3-26-16(25)13-8(2)27-15(24)10(7-23)14(13)9-4-5-11-12(6-9)29-18(21,22)17(19,20)28-11/h4-6,14H,3,24H2,1-2H3. The van der Waals surface area contributed by atoms with Crippen molar-refractivity contribution in [1.82, 2.24) is 0 Å². The molecule has 2 N–H and O–H groups in total. The molecule has 29 heavy (non-hydrogen) atoms. The Bertz CT molecular complexity index is 981. The summed E-state index contributed by atoms with van der Waals surface area (Å²) in [5.41, 5.74) is 5.54. The number of hydrogen-bond acceptors (Lipinski definition) is 7. The van der Waals surface area contributed by atoms with E-state index in [2.05, 4.69) is 9.47 Å². The minimum Gasteiger partial charge on any atom is -0.463 e. The Morgan fingerprint density at radius 2 is 1.86 bits per heavy atom. The second-order valence-electron chi connectivity index (χ2n) is 6.06. The number of nitrogens with two attached hydrogens (primary N) is 1. The molecule has 1 unspecified atom stereocenters. The Labute approximate surface area is 161 Å². The molecular formula is C18H14F4N2O5. The van der Waals surface area contributed by atoms with Crippen molar-refractivity contribution in [2.75, 3.05) is 6.61 Å². The van der Waals surface area contributed by atoms with Crippen molar-refractivity contribution in [2.24, 2.45) is 5.73 Å². The van der Waals surface area contributed by atoms with E-state index in [0.29, 0.717) is 0 Å². The fourth-order valence-corrected chi connectivity index (χ4v) is 2.95. The highest BCUT2D eigenvalue weighted by molar-refractivity contribution is 5.92. The van der Waals surface area contributed by atoms with Crippen LogP contribution in [0.4, 0.5) is 17.6 Å². The second-order valence-corrected chi connectivity index (χ2v) is 6.06. The summed E-state index contributed by atoms with van der Waals surface area (Å²) >= 11 is 0. The van der Waals surface area contributed by atoms with Crippen LogP contribution < -0.4 is 15.2 Å². The quantitative estimate of drug-likeness (QED) is 0.598. The molecule has 0 fully saturated rings. The van der Waals surface area contributed by atoms with Gasteiger partial charge in [0.2, 0.25) is 5.88 Å². The lowest BCUT2D eigenvalue weighted by molar-refractivity contribution is -0.391. The van der Waals surface area contributed by atoms with Crippen LogP contribution in [0.1, 0.15) is 25.3 Å². The third-order valence-electron chi connectivity index (χ3n) is 4.22. The Balaban J connectivity index is 2.13. The molecule has 2 aliphatic heterocycles. The monoisotopic (exact) mass is 414 g/mol.